The lowest BCUT2D eigenvalue weighted by Gasteiger charge is -2.13. The van der Waals surface area contributed by atoms with E-state index in [0.29, 0.717) is 38.8 Å². The summed E-state index contributed by atoms with van der Waals surface area (Å²) in [7, 11) is 1.44. The molecule has 1 amide bonds. The summed E-state index contributed by atoms with van der Waals surface area (Å²) in [4.78, 5) is 39.6. The third-order valence-electron chi connectivity index (χ3n) is 5.78. The number of furan rings is 1. The number of ether oxygens (including phenoxy) is 2. The minimum Gasteiger partial charge on any atom is -0.502 e. The predicted octanol–water partition coefficient (Wildman–Crippen LogP) is 2.74. The Kier molecular flexibility index (Phi) is 5.04. The second-order valence-electron chi connectivity index (χ2n) is 8.34. The summed E-state index contributed by atoms with van der Waals surface area (Å²) in [5.74, 6) is -0.564. The first-order valence-electron chi connectivity index (χ1n) is 10.8. The highest BCUT2D eigenvalue weighted by Crippen LogP contribution is 2.42. The fourth-order valence-corrected chi connectivity index (χ4v) is 4.22. The van der Waals surface area contributed by atoms with E-state index in [1.807, 2.05) is 13.8 Å². The quantitative estimate of drug-likeness (QED) is 0.291. The third kappa shape index (κ3) is 3.39. The van der Waals surface area contributed by atoms with Crippen LogP contribution in [-0.2, 0) is 4.79 Å². The van der Waals surface area contributed by atoms with E-state index in [0.717, 1.165) is 0 Å². The van der Waals surface area contributed by atoms with E-state index in [2.05, 4.69) is 10.1 Å². The highest BCUT2D eigenvalue weighted by atomic mass is 16.5. The van der Waals surface area contributed by atoms with Crippen LogP contribution >= 0.6 is 0 Å². The molecule has 0 bridgehead atoms. The van der Waals surface area contributed by atoms with Gasteiger partial charge in [0.15, 0.2) is 29.3 Å². The fraction of sp³-hybridized carbons (Fsp3) is 0.208. The van der Waals surface area contributed by atoms with Crippen molar-refractivity contribution < 1.29 is 23.8 Å². The molecule has 2 aromatic carbocycles. The molecular weight excluding hydrogens is 456 g/mol. The summed E-state index contributed by atoms with van der Waals surface area (Å²) >= 11 is 0. The minimum absolute atomic E-state index is 0.0126. The lowest BCUT2D eigenvalue weighted by atomic mass is 10.0. The number of nitrogens with two attached hydrogens (primary N) is 1. The number of methoxy groups -OCH3 is 1. The van der Waals surface area contributed by atoms with E-state index < -0.39 is 17.1 Å². The summed E-state index contributed by atoms with van der Waals surface area (Å²) in [5, 5.41) is 14.0. The van der Waals surface area contributed by atoms with Gasteiger partial charge in [-0.15, -0.1) is 0 Å². The largest absolute Gasteiger partial charge is 0.502 e. The Hall–Kier alpha value is -4.67. The van der Waals surface area contributed by atoms with Crippen molar-refractivity contribution in [1.82, 2.24) is 14.8 Å². The number of aromatic amines is 2. The number of primary amides is 1. The molecule has 5 rings (SSSR count). The van der Waals surface area contributed by atoms with Crippen molar-refractivity contribution in [3.05, 3.63) is 50.9 Å². The normalized spacial score (nSPS) is 11.7. The summed E-state index contributed by atoms with van der Waals surface area (Å²) in [6.45, 7) is 3.51. The third-order valence-corrected chi connectivity index (χ3v) is 5.78. The number of phenols is 1. The molecule has 3 heterocycles. The van der Waals surface area contributed by atoms with Crippen LogP contribution in [-0.4, -0.2) is 39.5 Å². The van der Waals surface area contributed by atoms with Crippen molar-refractivity contribution in [2.24, 2.45) is 5.73 Å². The number of phenolic OH excluding ortho intramolecular Hbond substituents is 1. The number of hydrogen-bond donors (Lipinski definition) is 4. The lowest BCUT2D eigenvalue weighted by Crippen LogP contribution is -2.20. The molecule has 0 radical (unpaired) electrons. The van der Waals surface area contributed by atoms with Crippen molar-refractivity contribution in [3.8, 4) is 28.4 Å². The number of carbonyl (C=O) groups is 1. The van der Waals surface area contributed by atoms with Crippen molar-refractivity contribution in [3.63, 3.8) is 0 Å². The maximum Gasteiger partial charge on any atom is 0.274 e. The van der Waals surface area contributed by atoms with Crippen LogP contribution < -0.4 is 26.2 Å². The first kappa shape index (κ1) is 22.1. The van der Waals surface area contributed by atoms with Gasteiger partial charge < -0.3 is 29.7 Å². The van der Waals surface area contributed by atoms with E-state index in [1.165, 1.54) is 13.2 Å². The van der Waals surface area contributed by atoms with Gasteiger partial charge >= 0.3 is 0 Å². The Bertz CT molecular complexity index is 1750. The summed E-state index contributed by atoms with van der Waals surface area (Å²) in [5.41, 5.74) is 6.51. The molecular formula is C24H22N4O7. The first-order valence-corrected chi connectivity index (χ1v) is 10.8. The number of hydrogen-bond acceptors (Lipinski definition) is 7. The Morgan fingerprint density at radius 2 is 1.94 bits per heavy atom. The Balaban J connectivity index is 1.90. The molecule has 11 nitrogen and oxygen atoms in total. The minimum atomic E-state index is -0.639. The van der Waals surface area contributed by atoms with Crippen LogP contribution in [0.1, 0.15) is 19.9 Å². The number of benzene rings is 2. The zero-order valence-corrected chi connectivity index (χ0v) is 19.1. The van der Waals surface area contributed by atoms with E-state index in [4.69, 9.17) is 19.6 Å². The van der Waals surface area contributed by atoms with Crippen molar-refractivity contribution in [1.29, 1.82) is 0 Å². The van der Waals surface area contributed by atoms with Crippen LogP contribution in [0.15, 0.2) is 44.3 Å². The molecule has 0 unspecified atom stereocenters. The number of fused-ring (bicyclic) bond motifs is 4. The first-order chi connectivity index (χ1) is 16.7. The Labute approximate surface area is 196 Å². The van der Waals surface area contributed by atoms with E-state index in [-0.39, 0.29) is 35.1 Å². The topological polar surface area (TPSA) is 166 Å². The molecule has 5 N–H and O–H groups in total. The van der Waals surface area contributed by atoms with Crippen molar-refractivity contribution in [2.45, 2.75) is 19.9 Å². The molecule has 3 aromatic heterocycles. The summed E-state index contributed by atoms with van der Waals surface area (Å²) in [6, 6.07) is 7.65. The number of pyridine rings is 1. The fourth-order valence-electron chi connectivity index (χ4n) is 4.22. The summed E-state index contributed by atoms with van der Waals surface area (Å²) < 4.78 is 18.6. The van der Waals surface area contributed by atoms with E-state index in [1.54, 1.807) is 28.9 Å². The van der Waals surface area contributed by atoms with Crippen LogP contribution in [0.25, 0.3) is 44.2 Å². The smallest absolute Gasteiger partial charge is 0.274 e. The molecule has 0 saturated heterocycles. The molecule has 180 valence electrons. The van der Waals surface area contributed by atoms with Gasteiger partial charge in [-0.05, 0) is 43.7 Å². The molecule has 0 aliphatic carbocycles. The number of nitrogens with zero attached hydrogens (tertiary/aromatic N) is 1. The van der Waals surface area contributed by atoms with E-state index >= 15 is 0 Å². The van der Waals surface area contributed by atoms with Gasteiger partial charge in [0.25, 0.3) is 11.5 Å². The number of aromatic nitrogens is 3. The standard InChI is InChI=1S/C24H22N4O7/c1-10(2)28-23-18(24(32)27-28)17(11-4-7-14(15(8-11)33-3)34-9-16(25)30)22-19(26-23)12-5-6-13(29)20(31)21(12)35-22/h4-8,10,26,31H,9H2,1-3H3,(H2,25,30)(H,27,32). The van der Waals surface area contributed by atoms with Gasteiger partial charge in [-0.2, -0.15) is 0 Å². The predicted molar refractivity (Wildman–Crippen MR) is 129 cm³/mol. The molecule has 0 saturated carbocycles. The van der Waals surface area contributed by atoms with Crippen molar-refractivity contribution in [2.75, 3.05) is 13.7 Å². The molecule has 11 heteroatoms. The molecule has 0 atom stereocenters. The van der Waals surface area contributed by atoms with Crippen LogP contribution in [0.2, 0.25) is 0 Å². The van der Waals surface area contributed by atoms with Crippen LogP contribution in [0.3, 0.4) is 0 Å². The Morgan fingerprint density at radius 1 is 1.17 bits per heavy atom. The van der Waals surface area contributed by atoms with Gasteiger partial charge in [0, 0.05) is 17.0 Å². The monoisotopic (exact) mass is 478 g/mol. The SMILES string of the molecule is COc1cc(-c2c3oc4c(O)c(=O)ccc4c3[nH]c3c2c(=O)[nH]n3C(C)C)ccc1OCC(N)=O. The van der Waals surface area contributed by atoms with Gasteiger partial charge in [0.2, 0.25) is 11.2 Å². The highest BCUT2D eigenvalue weighted by Gasteiger charge is 2.24. The molecule has 0 fully saturated rings. The van der Waals surface area contributed by atoms with E-state index in [9.17, 15) is 19.5 Å². The zero-order valence-electron chi connectivity index (χ0n) is 19.1. The second kappa shape index (κ2) is 7.97. The van der Waals surface area contributed by atoms with Crippen LogP contribution in [0.5, 0.6) is 17.2 Å². The number of rotatable bonds is 6. The number of amides is 1. The Morgan fingerprint density at radius 3 is 2.63 bits per heavy atom. The molecule has 35 heavy (non-hydrogen) atoms. The molecule has 5 aromatic rings. The molecule has 0 aliphatic rings. The lowest BCUT2D eigenvalue weighted by molar-refractivity contribution is -0.119. The molecule has 0 spiro atoms. The average molecular weight is 478 g/mol. The van der Waals surface area contributed by atoms with Gasteiger partial charge in [0.1, 0.15) is 5.65 Å². The summed E-state index contributed by atoms with van der Waals surface area (Å²) in [6.07, 6.45) is 0. The second-order valence-corrected chi connectivity index (χ2v) is 8.34. The van der Waals surface area contributed by atoms with Gasteiger partial charge in [-0.1, -0.05) is 6.07 Å². The number of carbonyl (C=O) groups excluding carboxylic acids is 1. The van der Waals surface area contributed by atoms with Gasteiger partial charge in [0.05, 0.1) is 18.0 Å². The van der Waals surface area contributed by atoms with Crippen LogP contribution in [0.4, 0.5) is 0 Å². The number of nitrogens with one attached hydrogen (secondary N) is 2. The molecule has 0 aliphatic heterocycles. The maximum atomic E-state index is 13.1. The number of aromatic hydroxyl groups is 1. The zero-order chi connectivity index (χ0) is 25.0. The average Bonchev–Trinajstić information content (AvgIpc) is 3.37. The van der Waals surface area contributed by atoms with Gasteiger partial charge in [-0.3, -0.25) is 24.2 Å². The highest BCUT2D eigenvalue weighted by molar-refractivity contribution is 6.15. The van der Waals surface area contributed by atoms with Crippen molar-refractivity contribution >= 4 is 39.0 Å². The maximum absolute atomic E-state index is 13.1. The van der Waals surface area contributed by atoms with Gasteiger partial charge in [-0.25, -0.2) is 0 Å². The van der Waals surface area contributed by atoms with Crippen LogP contribution in [0, 0.1) is 0 Å². The number of H-pyrrole nitrogens is 2.